The molecule has 0 saturated carbocycles. The molecule has 2 N–H and O–H groups in total. The van der Waals surface area contributed by atoms with Gasteiger partial charge in [-0.05, 0) is 49.2 Å². The lowest BCUT2D eigenvalue weighted by atomic mass is 10.1. The Balaban J connectivity index is 1.51. The van der Waals surface area contributed by atoms with Crippen molar-refractivity contribution < 1.29 is 19.1 Å². The normalized spacial score (nSPS) is 13.2. The van der Waals surface area contributed by atoms with E-state index in [1.807, 2.05) is 12.1 Å². The molecule has 0 spiro atoms. The van der Waals surface area contributed by atoms with Crippen LogP contribution in [0.25, 0.3) is 0 Å². The molecule has 0 unspecified atom stereocenters. The van der Waals surface area contributed by atoms with Crippen LogP contribution in [-0.4, -0.2) is 37.5 Å². The van der Waals surface area contributed by atoms with E-state index in [9.17, 15) is 14.4 Å². The van der Waals surface area contributed by atoms with Gasteiger partial charge in [0.05, 0.1) is 5.56 Å². The molecular formula is C23H27N3O4. The maximum absolute atomic E-state index is 12.4. The molecule has 158 valence electrons. The number of para-hydroxylation sites is 1. The van der Waals surface area contributed by atoms with Crippen molar-refractivity contribution in [3.63, 3.8) is 0 Å². The number of hydrogen-bond acceptors (Lipinski definition) is 5. The number of hydrogen-bond donors (Lipinski definition) is 2. The summed E-state index contributed by atoms with van der Waals surface area (Å²) in [6, 6.07) is 14.1. The molecule has 2 amide bonds. The number of rotatable bonds is 9. The van der Waals surface area contributed by atoms with Gasteiger partial charge in [0.25, 0.3) is 5.91 Å². The van der Waals surface area contributed by atoms with Gasteiger partial charge in [-0.3, -0.25) is 9.59 Å². The average molecular weight is 409 g/mol. The summed E-state index contributed by atoms with van der Waals surface area (Å²) >= 11 is 0. The third-order valence-electron chi connectivity index (χ3n) is 4.86. The summed E-state index contributed by atoms with van der Waals surface area (Å²) in [5.41, 5.74) is 2.49. The fraction of sp³-hybridized carbons (Fsp3) is 0.348. The molecule has 3 rings (SSSR count). The summed E-state index contributed by atoms with van der Waals surface area (Å²) in [5.74, 6) is -0.861. The van der Waals surface area contributed by atoms with Gasteiger partial charge in [-0.1, -0.05) is 25.5 Å². The number of nitrogens with one attached hydrogen (secondary N) is 2. The van der Waals surface area contributed by atoms with Crippen molar-refractivity contribution in [2.24, 2.45) is 0 Å². The molecule has 0 radical (unpaired) electrons. The highest BCUT2D eigenvalue weighted by Gasteiger charge is 2.21. The number of benzene rings is 2. The number of anilines is 3. The van der Waals surface area contributed by atoms with Crippen molar-refractivity contribution in [2.75, 3.05) is 35.2 Å². The fourth-order valence-electron chi connectivity index (χ4n) is 3.27. The Bertz CT molecular complexity index is 896. The maximum atomic E-state index is 12.4. The summed E-state index contributed by atoms with van der Waals surface area (Å²) in [6.07, 6.45) is 3.48. The second-order valence-corrected chi connectivity index (χ2v) is 7.15. The van der Waals surface area contributed by atoms with E-state index in [4.69, 9.17) is 4.74 Å². The summed E-state index contributed by atoms with van der Waals surface area (Å²) in [5, 5.41) is 5.92. The van der Waals surface area contributed by atoms with Gasteiger partial charge < -0.3 is 20.3 Å². The van der Waals surface area contributed by atoms with Crippen molar-refractivity contribution in [3.8, 4) is 0 Å². The average Bonchev–Trinajstić information content (AvgIpc) is 3.19. The van der Waals surface area contributed by atoms with E-state index in [0.29, 0.717) is 23.4 Å². The Morgan fingerprint density at radius 3 is 2.57 bits per heavy atom. The molecule has 0 aromatic heterocycles. The predicted octanol–water partition coefficient (Wildman–Crippen LogP) is 3.82. The summed E-state index contributed by atoms with van der Waals surface area (Å²) in [4.78, 5) is 38.1. The summed E-state index contributed by atoms with van der Waals surface area (Å²) in [6.45, 7) is 3.20. The number of amides is 2. The molecule has 1 fully saturated rings. The molecule has 1 saturated heterocycles. The van der Waals surface area contributed by atoms with Gasteiger partial charge in [-0.15, -0.1) is 0 Å². The predicted molar refractivity (Wildman–Crippen MR) is 117 cm³/mol. The summed E-state index contributed by atoms with van der Waals surface area (Å²) in [7, 11) is 0. The second kappa shape index (κ2) is 10.4. The van der Waals surface area contributed by atoms with Crippen LogP contribution in [0.5, 0.6) is 0 Å². The first-order valence-electron chi connectivity index (χ1n) is 10.3. The van der Waals surface area contributed by atoms with Gasteiger partial charge in [0, 0.05) is 36.6 Å². The van der Waals surface area contributed by atoms with Gasteiger partial charge in [0.1, 0.15) is 0 Å². The molecule has 7 nitrogen and oxygen atoms in total. The topological polar surface area (TPSA) is 87.7 Å². The van der Waals surface area contributed by atoms with Crippen LogP contribution in [0.1, 0.15) is 43.0 Å². The zero-order valence-electron chi connectivity index (χ0n) is 17.1. The van der Waals surface area contributed by atoms with Gasteiger partial charge in [0.15, 0.2) is 6.61 Å². The third-order valence-corrected chi connectivity index (χ3v) is 4.86. The minimum Gasteiger partial charge on any atom is -0.452 e. The Morgan fingerprint density at radius 1 is 1.10 bits per heavy atom. The number of nitrogens with zero attached hydrogens (tertiary/aromatic N) is 1. The number of carbonyl (C=O) groups is 3. The molecule has 2 aromatic carbocycles. The van der Waals surface area contributed by atoms with Gasteiger partial charge >= 0.3 is 5.97 Å². The fourth-order valence-corrected chi connectivity index (χ4v) is 3.27. The molecule has 0 bridgehead atoms. The molecule has 30 heavy (non-hydrogen) atoms. The third kappa shape index (κ3) is 5.59. The van der Waals surface area contributed by atoms with E-state index in [-0.39, 0.29) is 12.5 Å². The molecule has 0 atom stereocenters. The van der Waals surface area contributed by atoms with Gasteiger partial charge in [-0.2, -0.15) is 0 Å². The van der Waals surface area contributed by atoms with E-state index in [1.54, 1.807) is 41.3 Å². The molecule has 1 aliphatic rings. The van der Waals surface area contributed by atoms with E-state index in [2.05, 4.69) is 17.6 Å². The highest BCUT2D eigenvalue weighted by atomic mass is 16.5. The molecular weight excluding hydrogens is 382 g/mol. The molecule has 7 heteroatoms. The van der Waals surface area contributed by atoms with Crippen LogP contribution >= 0.6 is 0 Å². The van der Waals surface area contributed by atoms with E-state index >= 15 is 0 Å². The first-order valence-corrected chi connectivity index (χ1v) is 10.3. The first kappa shape index (κ1) is 21.4. The lowest BCUT2D eigenvalue weighted by molar-refractivity contribution is -0.119. The minimum atomic E-state index is -0.548. The summed E-state index contributed by atoms with van der Waals surface area (Å²) < 4.78 is 5.18. The van der Waals surface area contributed by atoms with Crippen LogP contribution in [0.15, 0.2) is 48.5 Å². The van der Waals surface area contributed by atoms with Crippen molar-refractivity contribution in [3.05, 3.63) is 54.1 Å². The van der Waals surface area contributed by atoms with Crippen LogP contribution in [0.4, 0.5) is 17.1 Å². The van der Waals surface area contributed by atoms with E-state index in [0.717, 1.165) is 38.0 Å². The Labute approximate surface area is 176 Å². The number of carbonyl (C=O) groups excluding carboxylic acids is 3. The Morgan fingerprint density at radius 2 is 1.87 bits per heavy atom. The van der Waals surface area contributed by atoms with Crippen LogP contribution < -0.4 is 15.5 Å². The largest absolute Gasteiger partial charge is 0.452 e. The monoisotopic (exact) mass is 409 g/mol. The lowest BCUT2D eigenvalue weighted by Gasteiger charge is -2.16. The van der Waals surface area contributed by atoms with Crippen molar-refractivity contribution in [2.45, 2.75) is 32.6 Å². The quantitative estimate of drug-likeness (QED) is 0.486. The zero-order valence-corrected chi connectivity index (χ0v) is 17.1. The maximum Gasteiger partial charge on any atom is 0.340 e. The van der Waals surface area contributed by atoms with Crippen LogP contribution in [0.3, 0.4) is 0 Å². The SMILES string of the molecule is CCCCNc1ccccc1C(=O)OCC(=O)Nc1ccc(N2CCCC2=O)cc1. The number of ether oxygens (including phenoxy) is 1. The highest BCUT2D eigenvalue weighted by Crippen LogP contribution is 2.23. The smallest absolute Gasteiger partial charge is 0.340 e. The van der Waals surface area contributed by atoms with E-state index < -0.39 is 11.9 Å². The van der Waals surface area contributed by atoms with Crippen molar-refractivity contribution in [1.82, 2.24) is 0 Å². The van der Waals surface area contributed by atoms with Crippen LogP contribution in [-0.2, 0) is 14.3 Å². The Hall–Kier alpha value is -3.35. The molecule has 0 aliphatic carbocycles. The lowest BCUT2D eigenvalue weighted by Crippen LogP contribution is -2.24. The Kier molecular flexibility index (Phi) is 7.43. The molecule has 1 aliphatic heterocycles. The number of unbranched alkanes of at least 4 members (excludes halogenated alkanes) is 1. The van der Waals surface area contributed by atoms with Crippen molar-refractivity contribution in [1.29, 1.82) is 0 Å². The molecule has 1 heterocycles. The first-order chi connectivity index (χ1) is 14.6. The minimum absolute atomic E-state index is 0.114. The van der Waals surface area contributed by atoms with Gasteiger partial charge in [0.2, 0.25) is 5.91 Å². The number of esters is 1. The molecule has 2 aromatic rings. The van der Waals surface area contributed by atoms with Gasteiger partial charge in [-0.25, -0.2) is 4.79 Å². The van der Waals surface area contributed by atoms with Crippen molar-refractivity contribution >= 4 is 34.8 Å². The van der Waals surface area contributed by atoms with E-state index in [1.165, 1.54) is 0 Å². The highest BCUT2D eigenvalue weighted by molar-refractivity contribution is 5.99. The standard InChI is InChI=1S/C23H27N3O4/c1-2-3-14-24-20-8-5-4-7-19(20)23(29)30-16-21(27)25-17-10-12-18(13-11-17)26-15-6-9-22(26)28/h4-5,7-8,10-13,24H,2-3,6,9,14-16H2,1H3,(H,25,27). The van der Waals surface area contributed by atoms with Crippen LogP contribution in [0.2, 0.25) is 0 Å². The second-order valence-electron chi connectivity index (χ2n) is 7.15. The van der Waals surface area contributed by atoms with Crippen LogP contribution in [0, 0.1) is 0 Å². The zero-order chi connectivity index (χ0) is 21.3.